The van der Waals surface area contributed by atoms with Gasteiger partial charge >= 0.3 is 0 Å². The van der Waals surface area contributed by atoms with Crippen LogP contribution in [-0.2, 0) is 6.54 Å². The molecule has 2 aliphatic heterocycles. The number of likely N-dealkylation sites (tertiary alicyclic amines) is 1. The summed E-state index contributed by atoms with van der Waals surface area (Å²) in [6.45, 7) is 1.44. The smallest absolute Gasteiger partial charge is 0.244 e. The fourth-order valence-electron chi connectivity index (χ4n) is 4.38. The largest absolute Gasteiger partial charge is 0.454 e. The Morgan fingerprint density at radius 2 is 1.82 bits per heavy atom. The van der Waals surface area contributed by atoms with Gasteiger partial charge in [0.25, 0.3) is 0 Å². The maximum atomic E-state index is 10.4. The summed E-state index contributed by atoms with van der Waals surface area (Å²) in [4.78, 5) is 11.2. The molecule has 8 heteroatoms. The van der Waals surface area contributed by atoms with E-state index in [0.717, 1.165) is 22.4 Å². The van der Waals surface area contributed by atoms with Gasteiger partial charge in [-0.1, -0.05) is 35.5 Å². The van der Waals surface area contributed by atoms with E-state index in [1.807, 2.05) is 36.4 Å². The van der Waals surface area contributed by atoms with E-state index in [2.05, 4.69) is 44.3 Å². The van der Waals surface area contributed by atoms with Crippen molar-refractivity contribution in [2.75, 3.05) is 13.3 Å². The fourth-order valence-corrected chi connectivity index (χ4v) is 4.38. The van der Waals surface area contributed by atoms with Crippen LogP contribution in [0.4, 0.5) is 0 Å². The van der Waals surface area contributed by atoms with E-state index in [4.69, 9.17) is 14.0 Å². The van der Waals surface area contributed by atoms with Crippen molar-refractivity contribution in [3.8, 4) is 34.1 Å². The minimum atomic E-state index is -0.441. The van der Waals surface area contributed by atoms with Crippen LogP contribution in [0.2, 0.25) is 0 Å². The Morgan fingerprint density at radius 3 is 2.67 bits per heavy atom. The summed E-state index contributed by atoms with van der Waals surface area (Å²) in [6.07, 6.45) is 1.90. The summed E-state index contributed by atoms with van der Waals surface area (Å²) in [5.41, 5.74) is 3.96. The number of aliphatic hydroxyl groups is 1. The number of pyridine rings is 1. The van der Waals surface area contributed by atoms with Gasteiger partial charge in [-0.2, -0.15) is 4.98 Å². The lowest BCUT2D eigenvalue weighted by Gasteiger charge is -2.21. The number of rotatable bonds is 5. The minimum absolute atomic E-state index is 0.147. The highest BCUT2D eigenvalue weighted by Crippen LogP contribution is 2.37. The third kappa shape index (κ3) is 3.94. The number of hydrogen-bond donors (Lipinski definition) is 1. The van der Waals surface area contributed by atoms with Crippen LogP contribution in [0, 0.1) is 0 Å². The zero-order chi connectivity index (χ0) is 22.2. The molecule has 1 N–H and O–H groups in total. The van der Waals surface area contributed by atoms with Gasteiger partial charge in [0.1, 0.15) is 0 Å². The summed E-state index contributed by atoms with van der Waals surface area (Å²) in [5, 5.41) is 14.5. The van der Waals surface area contributed by atoms with Crippen LogP contribution in [0.5, 0.6) is 11.5 Å². The highest BCUT2D eigenvalue weighted by Gasteiger charge is 2.36. The molecule has 166 valence electrons. The number of nitrogens with zero attached hydrogens (tertiary/aromatic N) is 4. The minimum Gasteiger partial charge on any atom is -0.454 e. The summed E-state index contributed by atoms with van der Waals surface area (Å²) in [6, 6.07) is 19.6. The molecule has 2 aromatic heterocycles. The molecule has 0 spiro atoms. The van der Waals surface area contributed by atoms with Crippen LogP contribution in [0.15, 0.2) is 71.4 Å². The molecule has 0 amide bonds. The van der Waals surface area contributed by atoms with Crippen LogP contribution in [0.1, 0.15) is 23.9 Å². The van der Waals surface area contributed by atoms with Crippen LogP contribution in [-0.4, -0.2) is 44.6 Å². The molecule has 33 heavy (non-hydrogen) atoms. The normalized spacial score (nSPS) is 19.8. The molecule has 6 rings (SSSR count). The molecule has 1 fully saturated rings. The predicted molar refractivity (Wildman–Crippen MR) is 119 cm³/mol. The maximum Gasteiger partial charge on any atom is 0.244 e. The van der Waals surface area contributed by atoms with E-state index in [0.29, 0.717) is 42.7 Å². The van der Waals surface area contributed by atoms with Crippen LogP contribution < -0.4 is 9.47 Å². The van der Waals surface area contributed by atoms with Gasteiger partial charge < -0.3 is 19.1 Å². The summed E-state index contributed by atoms with van der Waals surface area (Å²) < 4.78 is 16.4. The Balaban J connectivity index is 1.20. The lowest BCUT2D eigenvalue weighted by Crippen LogP contribution is -2.24. The summed E-state index contributed by atoms with van der Waals surface area (Å²) >= 11 is 0. The van der Waals surface area contributed by atoms with E-state index in [1.165, 1.54) is 0 Å². The number of hydrogen-bond acceptors (Lipinski definition) is 8. The zero-order valence-corrected chi connectivity index (χ0v) is 17.8. The Morgan fingerprint density at radius 1 is 0.970 bits per heavy atom. The Kier molecular flexibility index (Phi) is 5.01. The van der Waals surface area contributed by atoms with Gasteiger partial charge in [-0.05, 0) is 42.3 Å². The van der Waals surface area contributed by atoms with E-state index in [1.54, 1.807) is 6.20 Å². The molecule has 2 aliphatic rings. The molecule has 0 radical (unpaired) electrons. The molecule has 1 saturated heterocycles. The van der Waals surface area contributed by atoms with Crippen LogP contribution >= 0.6 is 0 Å². The second kappa shape index (κ2) is 8.31. The number of benzene rings is 2. The van der Waals surface area contributed by atoms with Crippen molar-refractivity contribution < 1.29 is 19.1 Å². The first-order valence-corrected chi connectivity index (χ1v) is 10.9. The number of aliphatic hydroxyl groups excluding tert-OH is 1. The lowest BCUT2D eigenvalue weighted by molar-refractivity contribution is 0.169. The average Bonchev–Trinajstić information content (AvgIpc) is 3.59. The van der Waals surface area contributed by atoms with Crippen molar-refractivity contribution in [2.45, 2.75) is 25.1 Å². The highest BCUT2D eigenvalue weighted by molar-refractivity contribution is 5.61. The van der Waals surface area contributed by atoms with Crippen molar-refractivity contribution >= 4 is 0 Å². The van der Waals surface area contributed by atoms with E-state index in [-0.39, 0.29) is 12.8 Å². The molecular weight excluding hydrogens is 420 g/mol. The number of fused-ring (bicyclic) bond motifs is 1. The second-order valence-electron chi connectivity index (χ2n) is 8.27. The van der Waals surface area contributed by atoms with E-state index in [9.17, 15) is 5.11 Å². The molecule has 0 aliphatic carbocycles. The third-order valence-electron chi connectivity index (χ3n) is 6.04. The number of ether oxygens (including phenoxy) is 2. The summed E-state index contributed by atoms with van der Waals surface area (Å²) in [5.74, 6) is 2.38. The topological polar surface area (TPSA) is 93.7 Å². The second-order valence-corrected chi connectivity index (χ2v) is 8.27. The molecule has 2 unspecified atom stereocenters. The Bertz CT molecular complexity index is 1260. The maximum absolute atomic E-state index is 10.4. The molecule has 4 heterocycles. The van der Waals surface area contributed by atoms with Crippen molar-refractivity contribution in [3.63, 3.8) is 0 Å². The third-order valence-corrected chi connectivity index (χ3v) is 6.04. The molecular formula is C25H22N4O4. The van der Waals surface area contributed by atoms with Crippen molar-refractivity contribution in [1.82, 2.24) is 20.0 Å². The predicted octanol–water partition coefficient (Wildman–Crippen LogP) is 3.84. The SMILES string of the molecule is OC1CC(c2nc(-c3ccc4c(c3)OCO4)no2)N(Cc2ccc(-c3ccccn3)cc2)C1. The Hall–Kier alpha value is -3.75. The quantitative estimate of drug-likeness (QED) is 0.498. The lowest BCUT2D eigenvalue weighted by atomic mass is 10.1. The molecule has 2 atom stereocenters. The van der Waals surface area contributed by atoms with E-state index >= 15 is 0 Å². The zero-order valence-electron chi connectivity index (χ0n) is 17.8. The average molecular weight is 442 g/mol. The molecule has 0 bridgehead atoms. The van der Waals surface area contributed by atoms with Gasteiger partial charge in [0.15, 0.2) is 11.5 Å². The van der Waals surface area contributed by atoms with Crippen molar-refractivity contribution in [3.05, 3.63) is 78.3 Å². The Labute approximate surface area is 190 Å². The monoisotopic (exact) mass is 442 g/mol. The molecule has 2 aromatic carbocycles. The van der Waals surface area contributed by atoms with Gasteiger partial charge in [-0.3, -0.25) is 9.88 Å². The first-order valence-electron chi connectivity index (χ1n) is 10.9. The van der Waals surface area contributed by atoms with Crippen molar-refractivity contribution in [1.29, 1.82) is 0 Å². The van der Waals surface area contributed by atoms with Crippen LogP contribution in [0.25, 0.3) is 22.6 Å². The molecule has 0 saturated carbocycles. The van der Waals surface area contributed by atoms with Crippen molar-refractivity contribution in [2.24, 2.45) is 0 Å². The molecule has 8 nitrogen and oxygen atoms in total. The first-order chi connectivity index (χ1) is 16.2. The summed E-state index contributed by atoms with van der Waals surface area (Å²) in [7, 11) is 0. The standard InChI is InChI=1S/C25H22N4O4/c30-19-12-21(25-27-24(28-33-25)18-8-9-22-23(11-18)32-15-31-22)29(14-19)13-16-4-6-17(7-5-16)20-3-1-2-10-26-20/h1-11,19,21,30H,12-15H2. The van der Waals surface area contributed by atoms with Gasteiger partial charge in [0.2, 0.25) is 18.5 Å². The highest BCUT2D eigenvalue weighted by atomic mass is 16.7. The van der Waals surface area contributed by atoms with Gasteiger partial charge in [-0.15, -0.1) is 0 Å². The van der Waals surface area contributed by atoms with Gasteiger partial charge in [0, 0.05) is 30.4 Å². The fraction of sp³-hybridized carbons (Fsp3) is 0.240. The van der Waals surface area contributed by atoms with Crippen LogP contribution in [0.3, 0.4) is 0 Å². The number of β-amino-alcohol motifs (C(OH)–C–C–N with tert-alkyl or cyclic N) is 1. The van der Waals surface area contributed by atoms with E-state index < -0.39 is 6.10 Å². The number of aromatic nitrogens is 3. The van der Waals surface area contributed by atoms with Gasteiger partial charge in [-0.25, -0.2) is 0 Å². The molecule has 4 aromatic rings. The first kappa shape index (κ1) is 19.9. The van der Waals surface area contributed by atoms with Gasteiger partial charge in [0.05, 0.1) is 17.8 Å².